The minimum absolute atomic E-state index is 0.770. The quantitative estimate of drug-likeness (QED) is 0.668. The van der Waals surface area contributed by atoms with Crippen molar-refractivity contribution in [3.8, 4) is 5.75 Å². The third-order valence-electron chi connectivity index (χ3n) is 2.92. The summed E-state index contributed by atoms with van der Waals surface area (Å²) in [5, 5.41) is 3.46. The highest BCUT2D eigenvalue weighted by molar-refractivity contribution is 5.27. The van der Waals surface area contributed by atoms with Crippen LogP contribution >= 0.6 is 0 Å². The smallest absolute Gasteiger partial charge is 0.119 e. The molecular formula is C16H27NO. The first kappa shape index (κ1) is 15.0. The van der Waals surface area contributed by atoms with Crippen molar-refractivity contribution in [3.63, 3.8) is 0 Å². The Morgan fingerprint density at radius 2 is 1.89 bits per heavy atom. The van der Waals surface area contributed by atoms with Gasteiger partial charge in [0.1, 0.15) is 5.75 Å². The van der Waals surface area contributed by atoms with Crippen LogP contribution in [0.1, 0.15) is 45.6 Å². The van der Waals surface area contributed by atoms with Gasteiger partial charge in [0.25, 0.3) is 0 Å². The first-order valence-electron chi connectivity index (χ1n) is 7.14. The summed E-state index contributed by atoms with van der Waals surface area (Å²) in [6.45, 7) is 9.54. The molecule has 0 radical (unpaired) electrons. The van der Waals surface area contributed by atoms with Gasteiger partial charge >= 0.3 is 0 Å². The van der Waals surface area contributed by atoms with Crippen molar-refractivity contribution in [2.75, 3.05) is 13.2 Å². The maximum absolute atomic E-state index is 5.64. The van der Waals surface area contributed by atoms with Crippen LogP contribution in [0.4, 0.5) is 0 Å². The molecule has 0 spiro atoms. The van der Waals surface area contributed by atoms with Gasteiger partial charge in [0, 0.05) is 6.54 Å². The molecule has 1 aromatic carbocycles. The van der Waals surface area contributed by atoms with Crippen LogP contribution in [0.3, 0.4) is 0 Å². The number of nitrogens with one attached hydrogen (secondary N) is 1. The summed E-state index contributed by atoms with van der Waals surface area (Å²) in [6.07, 6.45) is 3.54. The van der Waals surface area contributed by atoms with Gasteiger partial charge in [-0.2, -0.15) is 0 Å². The first-order valence-corrected chi connectivity index (χ1v) is 7.14. The fourth-order valence-corrected chi connectivity index (χ4v) is 1.66. The van der Waals surface area contributed by atoms with E-state index in [-0.39, 0.29) is 0 Å². The molecule has 2 heteroatoms. The summed E-state index contributed by atoms with van der Waals surface area (Å²) in [5.41, 5.74) is 1.32. The predicted molar refractivity (Wildman–Crippen MR) is 78.0 cm³/mol. The topological polar surface area (TPSA) is 21.3 Å². The van der Waals surface area contributed by atoms with E-state index in [4.69, 9.17) is 4.74 Å². The van der Waals surface area contributed by atoms with Crippen LogP contribution in [0, 0.1) is 5.92 Å². The first-order chi connectivity index (χ1) is 8.72. The van der Waals surface area contributed by atoms with Crippen molar-refractivity contribution in [3.05, 3.63) is 29.8 Å². The highest BCUT2D eigenvalue weighted by Gasteiger charge is 1.97. The van der Waals surface area contributed by atoms with Crippen LogP contribution in [-0.2, 0) is 6.54 Å². The molecule has 0 aromatic heterocycles. The van der Waals surface area contributed by atoms with Gasteiger partial charge in [0.15, 0.2) is 0 Å². The molecule has 102 valence electrons. The molecule has 0 aliphatic carbocycles. The summed E-state index contributed by atoms with van der Waals surface area (Å²) in [7, 11) is 0. The maximum atomic E-state index is 5.64. The van der Waals surface area contributed by atoms with E-state index in [0.29, 0.717) is 0 Å². The van der Waals surface area contributed by atoms with E-state index in [0.717, 1.165) is 37.8 Å². The fraction of sp³-hybridized carbons (Fsp3) is 0.625. The molecule has 0 fully saturated rings. The van der Waals surface area contributed by atoms with E-state index in [1.54, 1.807) is 0 Å². The van der Waals surface area contributed by atoms with Crippen LogP contribution in [0.25, 0.3) is 0 Å². The van der Waals surface area contributed by atoms with E-state index in [1.807, 2.05) is 0 Å². The Morgan fingerprint density at radius 3 is 2.50 bits per heavy atom. The summed E-state index contributed by atoms with van der Waals surface area (Å²) < 4.78 is 5.64. The van der Waals surface area contributed by atoms with E-state index in [9.17, 15) is 0 Å². The Morgan fingerprint density at radius 1 is 1.17 bits per heavy atom. The van der Waals surface area contributed by atoms with Crippen LogP contribution in [0.15, 0.2) is 24.3 Å². The fourth-order valence-electron chi connectivity index (χ4n) is 1.66. The molecule has 0 saturated heterocycles. The molecular weight excluding hydrogens is 222 g/mol. The highest BCUT2D eigenvalue weighted by Crippen LogP contribution is 2.12. The van der Waals surface area contributed by atoms with Gasteiger partial charge in [-0.1, -0.05) is 39.3 Å². The lowest BCUT2D eigenvalue weighted by atomic mass is 10.1. The summed E-state index contributed by atoms with van der Waals surface area (Å²) in [5.74, 6) is 1.75. The SMILES string of the molecule is CCCCOc1ccc(CNCCC(C)C)cc1. The standard InChI is InChI=1S/C16H27NO/c1-4-5-12-18-16-8-6-15(7-9-16)13-17-11-10-14(2)3/h6-9,14,17H,4-5,10-13H2,1-3H3. The zero-order valence-electron chi connectivity index (χ0n) is 12.0. The Hall–Kier alpha value is -1.02. The molecule has 0 aliphatic heterocycles. The number of ether oxygens (including phenoxy) is 1. The lowest BCUT2D eigenvalue weighted by molar-refractivity contribution is 0.309. The van der Waals surface area contributed by atoms with Gasteiger partial charge < -0.3 is 10.1 Å². The molecule has 18 heavy (non-hydrogen) atoms. The van der Waals surface area contributed by atoms with E-state index >= 15 is 0 Å². The Balaban J connectivity index is 2.23. The molecule has 1 aromatic rings. The molecule has 2 nitrogen and oxygen atoms in total. The lowest BCUT2D eigenvalue weighted by Crippen LogP contribution is -2.16. The second-order valence-corrected chi connectivity index (χ2v) is 5.21. The van der Waals surface area contributed by atoms with Crippen LogP contribution < -0.4 is 10.1 Å². The minimum Gasteiger partial charge on any atom is -0.494 e. The Kier molecular flexibility index (Phi) is 7.51. The van der Waals surface area contributed by atoms with Gasteiger partial charge in [-0.15, -0.1) is 0 Å². The Labute approximate surface area is 112 Å². The molecule has 0 saturated carbocycles. The summed E-state index contributed by atoms with van der Waals surface area (Å²) >= 11 is 0. The monoisotopic (exact) mass is 249 g/mol. The third-order valence-corrected chi connectivity index (χ3v) is 2.92. The normalized spacial score (nSPS) is 10.9. The van der Waals surface area contributed by atoms with Gasteiger partial charge in [-0.25, -0.2) is 0 Å². The maximum Gasteiger partial charge on any atom is 0.119 e. The molecule has 0 heterocycles. The largest absolute Gasteiger partial charge is 0.494 e. The molecule has 0 bridgehead atoms. The zero-order chi connectivity index (χ0) is 13.2. The van der Waals surface area contributed by atoms with Crippen LogP contribution in [0.5, 0.6) is 5.75 Å². The number of hydrogen-bond donors (Lipinski definition) is 1. The van der Waals surface area contributed by atoms with Gasteiger partial charge in [0.2, 0.25) is 0 Å². The lowest BCUT2D eigenvalue weighted by Gasteiger charge is -2.08. The van der Waals surface area contributed by atoms with Crippen LogP contribution in [-0.4, -0.2) is 13.2 Å². The number of hydrogen-bond acceptors (Lipinski definition) is 2. The second-order valence-electron chi connectivity index (χ2n) is 5.21. The second kappa shape index (κ2) is 8.98. The van der Waals surface area contributed by atoms with E-state index < -0.39 is 0 Å². The minimum atomic E-state index is 0.770. The number of unbranched alkanes of at least 4 members (excludes halogenated alkanes) is 1. The number of rotatable bonds is 9. The summed E-state index contributed by atoms with van der Waals surface area (Å²) in [6, 6.07) is 8.41. The molecule has 0 aliphatic rings. The van der Waals surface area contributed by atoms with Crippen molar-refractivity contribution < 1.29 is 4.74 Å². The molecule has 0 atom stereocenters. The number of benzene rings is 1. The summed E-state index contributed by atoms with van der Waals surface area (Å²) in [4.78, 5) is 0. The molecule has 1 rings (SSSR count). The zero-order valence-corrected chi connectivity index (χ0v) is 12.0. The van der Waals surface area contributed by atoms with Crippen molar-refractivity contribution in [2.24, 2.45) is 5.92 Å². The van der Waals surface area contributed by atoms with Crippen molar-refractivity contribution >= 4 is 0 Å². The molecule has 1 N–H and O–H groups in total. The van der Waals surface area contributed by atoms with Crippen molar-refractivity contribution in [1.82, 2.24) is 5.32 Å². The Bertz CT molecular complexity index is 305. The van der Waals surface area contributed by atoms with E-state index in [1.165, 1.54) is 18.4 Å². The van der Waals surface area contributed by atoms with E-state index in [2.05, 4.69) is 50.4 Å². The highest BCUT2D eigenvalue weighted by atomic mass is 16.5. The average molecular weight is 249 g/mol. The third kappa shape index (κ3) is 6.65. The van der Waals surface area contributed by atoms with Gasteiger partial charge in [-0.05, 0) is 43.0 Å². The van der Waals surface area contributed by atoms with Crippen molar-refractivity contribution in [1.29, 1.82) is 0 Å². The van der Waals surface area contributed by atoms with Gasteiger partial charge in [-0.3, -0.25) is 0 Å². The molecule has 0 amide bonds. The van der Waals surface area contributed by atoms with Crippen LogP contribution in [0.2, 0.25) is 0 Å². The molecule has 0 unspecified atom stereocenters. The van der Waals surface area contributed by atoms with Crippen molar-refractivity contribution in [2.45, 2.75) is 46.6 Å². The predicted octanol–water partition coefficient (Wildman–Crippen LogP) is 4.00. The van der Waals surface area contributed by atoms with Gasteiger partial charge in [0.05, 0.1) is 6.61 Å². The average Bonchev–Trinajstić information content (AvgIpc) is 2.36.